The maximum absolute atomic E-state index is 11.8. The number of ketones is 1. The van der Waals surface area contributed by atoms with Crippen LogP contribution >= 0.6 is 0 Å². The van der Waals surface area contributed by atoms with Crippen molar-refractivity contribution in [1.82, 2.24) is 5.06 Å². The van der Waals surface area contributed by atoms with E-state index in [4.69, 9.17) is 4.74 Å². The quantitative estimate of drug-likeness (QED) is 0.795. The van der Waals surface area contributed by atoms with E-state index in [9.17, 15) is 10.0 Å². The summed E-state index contributed by atoms with van der Waals surface area (Å²) in [5.74, 6) is 0.502. The van der Waals surface area contributed by atoms with Crippen molar-refractivity contribution in [2.45, 2.75) is 6.92 Å². The molecule has 20 heavy (non-hydrogen) atoms. The largest absolute Gasteiger partial charge is 0.435 e. The summed E-state index contributed by atoms with van der Waals surface area (Å²) < 4.78 is 5.71. The molecule has 1 aromatic carbocycles. The van der Waals surface area contributed by atoms with Crippen molar-refractivity contribution in [3.05, 3.63) is 77.4 Å². The fourth-order valence-electron chi connectivity index (χ4n) is 2.13. The predicted octanol–water partition coefficient (Wildman–Crippen LogP) is 3.00. The lowest BCUT2D eigenvalue weighted by atomic mass is 10.1. The standard InChI is InChI=1S/C16H13NO3/c1-11-15(12-7-3-2-4-8-12)20-16(17(11)19)13-9-5-6-10-14(13)18/h2-10,19H,1H3/b16-13+. The van der Waals surface area contributed by atoms with Gasteiger partial charge in [-0.2, -0.15) is 5.06 Å². The number of hydrogen-bond donors (Lipinski definition) is 1. The highest BCUT2D eigenvalue weighted by atomic mass is 16.6. The van der Waals surface area contributed by atoms with Crippen LogP contribution in [0.5, 0.6) is 0 Å². The number of hydroxylamine groups is 2. The van der Waals surface area contributed by atoms with Crippen LogP contribution < -0.4 is 0 Å². The van der Waals surface area contributed by atoms with E-state index in [0.717, 1.165) is 10.6 Å². The van der Waals surface area contributed by atoms with Crippen molar-refractivity contribution in [2.24, 2.45) is 0 Å². The summed E-state index contributed by atoms with van der Waals surface area (Å²) in [6, 6.07) is 9.46. The highest BCUT2D eigenvalue weighted by Crippen LogP contribution is 2.35. The van der Waals surface area contributed by atoms with E-state index in [1.165, 1.54) is 6.08 Å². The van der Waals surface area contributed by atoms with Crippen LogP contribution in [-0.4, -0.2) is 16.1 Å². The molecule has 3 rings (SSSR count). The maximum Gasteiger partial charge on any atom is 0.235 e. The van der Waals surface area contributed by atoms with E-state index in [0.29, 0.717) is 17.0 Å². The molecular formula is C16H13NO3. The van der Waals surface area contributed by atoms with Crippen molar-refractivity contribution in [1.29, 1.82) is 0 Å². The van der Waals surface area contributed by atoms with Gasteiger partial charge >= 0.3 is 0 Å². The number of benzene rings is 1. The van der Waals surface area contributed by atoms with E-state index in [-0.39, 0.29) is 11.7 Å². The Kier molecular flexibility index (Phi) is 3.00. The van der Waals surface area contributed by atoms with Crippen LogP contribution in [0.1, 0.15) is 12.5 Å². The molecule has 4 heteroatoms. The third kappa shape index (κ3) is 1.96. The fourth-order valence-corrected chi connectivity index (χ4v) is 2.13. The van der Waals surface area contributed by atoms with Crippen molar-refractivity contribution in [3.63, 3.8) is 0 Å². The van der Waals surface area contributed by atoms with Crippen LogP contribution in [0.4, 0.5) is 0 Å². The average molecular weight is 267 g/mol. The van der Waals surface area contributed by atoms with Gasteiger partial charge in [0.05, 0.1) is 11.3 Å². The summed E-state index contributed by atoms with van der Waals surface area (Å²) in [6.45, 7) is 1.74. The minimum Gasteiger partial charge on any atom is -0.435 e. The lowest BCUT2D eigenvalue weighted by Gasteiger charge is -2.13. The van der Waals surface area contributed by atoms with Crippen LogP contribution in [0.2, 0.25) is 0 Å². The summed E-state index contributed by atoms with van der Waals surface area (Å²) in [4.78, 5) is 11.8. The zero-order valence-corrected chi connectivity index (χ0v) is 10.9. The minimum atomic E-state index is -0.191. The van der Waals surface area contributed by atoms with E-state index < -0.39 is 0 Å². The van der Waals surface area contributed by atoms with Crippen LogP contribution in [0.15, 0.2) is 71.8 Å². The fraction of sp³-hybridized carbons (Fsp3) is 0.0625. The second-order valence-electron chi connectivity index (χ2n) is 4.50. The monoisotopic (exact) mass is 267 g/mol. The van der Waals surface area contributed by atoms with Gasteiger partial charge in [-0.3, -0.25) is 10.0 Å². The Morgan fingerprint density at radius 3 is 2.50 bits per heavy atom. The predicted molar refractivity (Wildman–Crippen MR) is 74.1 cm³/mol. The molecule has 0 saturated heterocycles. The van der Waals surface area contributed by atoms with Gasteiger partial charge < -0.3 is 4.74 Å². The van der Waals surface area contributed by atoms with Crippen LogP contribution in [0.3, 0.4) is 0 Å². The summed E-state index contributed by atoms with van der Waals surface area (Å²) >= 11 is 0. The SMILES string of the molecule is CC1=C(c2ccccc2)O/C(=C2\C=CC=CC2=O)N1O. The van der Waals surface area contributed by atoms with E-state index in [1.807, 2.05) is 30.3 Å². The number of nitrogens with zero attached hydrogens (tertiary/aromatic N) is 1. The van der Waals surface area contributed by atoms with Crippen molar-refractivity contribution >= 4 is 11.5 Å². The molecule has 1 aliphatic heterocycles. The molecule has 0 bridgehead atoms. The molecule has 0 saturated carbocycles. The van der Waals surface area contributed by atoms with Crippen molar-refractivity contribution in [3.8, 4) is 0 Å². The molecule has 0 fully saturated rings. The van der Waals surface area contributed by atoms with Gasteiger partial charge in [0.2, 0.25) is 5.88 Å². The molecule has 2 aliphatic rings. The first kappa shape index (κ1) is 12.4. The Morgan fingerprint density at radius 1 is 1.10 bits per heavy atom. The summed E-state index contributed by atoms with van der Waals surface area (Å²) in [5, 5.41) is 11.1. The number of ether oxygens (including phenoxy) is 1. The lowest BCUT2D eigenvalue weighted by molar-refractivity contribution is -0.112. The van der Waals surface area contributed by atoms with Gasteiger partial charge in [0.15, 0.2) is 11.5 Å². The molecule has 1 N–H and O–H groups in total. The third-order valence-electron chi connectivity index (χ3n) is 3.19. The molecular weight excluding hydrogens is 254 g/mol. The normalized spacial score (nSPS) is 21.7. The molecule has 0 atom stereocenters. The van der Waals surface area contributed by atoms with Gasteiger partial charge in [-0.1, -0.05) is 42.5 Å². The zero-order valence-electron chi connectivity index (χ0n) is 10.9. The molecule has 4 nitrogen and oxygen atoms in total. The molecule has 0 unspecified atom stereocenters. The van der Waals surface area contributed by atoms with Gasteiger partial charge in [0, 0.05) is 5.56 Å². The minimum absolute atomic E-state index is 0.145. The van der Waals surface area contributed by atoms with Crippen LogP contribution in [0, 0.1) is 0 Å². The van der Waals surface area contributed by atoms with Gasteiger partial charge in [-0.15, -0.1) is 0 Å². The van der Waals surface area contributed by atoms with Crippen molar-refractivity contribution < 1.29 is 14.7 Å². The summed E-state index contributed by atoms with van der Waals surface area (Å²) in [7, 11) is 0. The maximum atomic E-state index is 11.8. The number of carbonyl (C=O) groups is 1. The van der Waals surface area contributed by atoms with Crippen LogP contribution in [-0.2, 0) is 9.53 Å². The zero-order chi connectivity index (χ0) is 14.1. The Hall–Kier alpha value is -2.59. The smallest absolute Gasteiger partial charge is 0.235 e. The Labute approximate surface area is 116 Å². The first-order valence-corrected chi connectivity index (χ1v) is 6.25. The highest BCUT2D eigenvalue weighted by Gasteiger charge is 2.30. The third-order valence-corrected chi connectivity index (χ3v) is 3.19. The average Bonchev–Trinajstić information content (AvgIpc) is 2.77. The Balaban J connectivity index is 2.02. The first-order chi connectivity index (χ1) is 9.68. The first-order valence-electron chi connectivity index (χ1n) is 6.25. The van der Waals surface area contributed by atoms with Gasteiger partial charge in [-0.05, 0) is 19.1 Å². The molecule has 0 amide bonds. The summed E-state index contributed by atoms with van der Waals surface area (Å²) in [6.07, 6.45) is 6.45. The number of carbonyl (C=O) groups excluding carboxylic acids is 1. The Morgan fingerprint density at radius 2 is 1.80 bits per heavy atom. The van der Waals surface area contributed by atoms with Gasteiger partial charge in [0.1, 0.15) is 0 Å². The van der Waals surface area contributed by atoms with E-state index in [1.54, 1.807) is 25.2 Å². The molecule has 0 radical (unpaired) electrons. The second-order valence-corrected chi connectivity index (χ2v) is 4.50. The number of hydrogen-bond acceptors (Lipinski definition) is 4. The van der Waals surface area contributed by atoms with Crippen molar-refractivity contribution in [2.75, 3.05) is 0 Å². The second kappa shape index (κ2) is 4.83. The Bertz CT molecular complexity index is 681. The molecule has 1 heterocycles. The van der Waals surface area contributed by atoms with E-state index in [2.05, 4.69) is 0 Å². The van der Waals surface area contributed by atoms with Gasteiger partial charge in [0.25, 0.3) is 0 Å². The number of rotatable bonds is 1. The lowest BCUT2D eigenvalue weighted by Crippen LogP contribution is -2.16. The van der Waals surface area contributed by atoms with E-state index >= 15 is 0 Å². The molecule has 1 aliphatic carbocycles. The molecule has 0 aromatic heterocycles. The number of allylic oxidation sites excluding steroid dienone is 6. The molecule has 1 aromatic rings. The molecule has 100 valence electrons. The van der Waals surface area contributed by atoms with Gasteiger partial charge in [-0.25, -0.2) is 0 Å². The molecule has 0 spiro atoms. The highest BCUT2D eigenvalue weighted by molar-refractivity contribution is 6.07. The topological polar surface area (TPSA) is 49.8 Å². The van der Waals surface area contributed by atoms with Crippen LogP contribution in [0.25, 0.3) is 5.76 Å². The summed E-state index contributed by atoms with van der Waals surface area (Å²) in [5.41, 5.74) is 1.73.